The number of aliphatic hydroxyl groups excluding tert-OH is 1. The Morgan fingerprint density at radius 3 is 2.53 bits per heavy atom. The van der Waals surface area contributed by atoms with E-state index in [1.54, 1.807) is 6.92 Å². The standard InChI is InChI=1S/C11H14N2O4/c1-8(7-14)6-12-11(15)9-2-4-10(5-3-9)13(16)17/h2-5,8,14H,6-7H2,1H3,(H,12,15). The second kappa shape index (κ2) is 5.95. The number of hydrogen-bond acceptors (Lipinski definition) is 4. The molecule has 0 radical (unpaired) electrons. The zero-order chi connectivity index (χ0) is 12.8. The first kappa shape index (κ1) is 13.1. The van der Waals surface area contributed by atoms with Gasteiger partial charge < -0.3 is 10.4 Å². The Morgan fingerprint density at radius 1 is 1.47 bits per heavy atom. The number of non-ortho nitro benzene ring substituents is 1. The van der Waals surface area contributed by atoms with Gasteiger partial charge in [0.25, 0.3) is 11.6 Å². The number of aliphatic hydroxyl groups is 1. The Kier molecular flexibility index (Phi) is 4.59. The van der Waals surface area contributed by atoms with Crippen LogP contribution in [0.25, 0.3) is 0 Å². The van der Waals surface area contributed by atoms with Crippen LogP contribution in [0.5, 0.6) is 0 Å². The van der Waals surface area contributed by atoms with Crippen molar-refractivity contribution < 1.29 is 14.8 Å². The maximum atomic E-state index is 11.6. The molecule has 1 rings (SSSR count). The molecule has 17 heavy (non-hydrogen) atoms. The predicted molar refractivity (Wildman–Crippen MR) is 61.7 cm³/mol. The van der Waals surface area contributed by atoms with Crippen LogP contribution in [0.1, 0.15) is 17.3 Å². The number of hydrogen-bond donors (Lipinski definition) is 2. The second-order valence-electron chi connectivity index (χ2n) is 3.80. The fourth-order valence-corrected chi connectivity index (χ4v) is 1.17. The fourth-order valence-electron chi connectivity index (χ4n) is 1.17. The molecule has 1 atom stereocenters. The molecule has 0 bridgehead atoms. The van der Waals surface area contributed by atoms with E-state index >= 15 is 0 Å². The van der Waals surface area contributed by atoms with Gasteiger partial charge in [-0.25, -0.2) is 0 Å². The number of carbonyl (C=O) groups is 1. The van der Waals surface area contributed by atoms with Gasteiger partial charge in [-0.15, -0.1) is 0 Å². The predicted octanol–water partition coefficient (Wildman–Crippen LogP) is 0.953. The highest BCUT2D eigenvalue weighted by atomic mass is 16.6. The largest absolute Gasteiger partial charge is 0.396 e. The number of nitrogens with one attached hydrogen (secondary N) is 1. The Hall–Kier alpha value is -1.95. The van der Waals surface area contributed by atoms with Crippen LogP contribution < -0.4 is 5.32 Å². The van der Waals surface area contributed by atoms with Crippen LogP contribution in [0.15, 0.2) is 24.3 Å². The van der Waals surface area contributed by atoms with Crippen molar-refractivity contribution in [2.45, 2.75) is 6.92 Å². The highest BCUT2D eigenvalue weighted by molar-refractivity contribution is 5.94. The molecule has 0 aromatic heterocycles. The van der Waals surface area contributed by atoms with Crippen molar-refractivity contribution in [3.05, 3.63) is 39.9 Å². The maximum Gasteiger partial charge on any atom is 0.269 e. The van der Waals surface area contributed by atoms with Gasteiger partial charge in [0.05, 0.1) is 4.92 Å². The fraction of sp³-hybridized carbons (Fsp3) is 0.364. The van der Waals surface area contributed by atoms with E-state index in [4.69, 9.17) is 5.11 Å². The van der Waals surface area contributed by atoms with E-state index in [1.807, 2.05) is 0 Å². The average Bonchev–Trinajstić information content (AvgIpc) is 2.35. The van der Waals surface area contributed by atoms with E-state index in [9.17, 15) is 14.9 Å². The summed E-state index contributed by atoms with van der Waals surface area (Å²) in [5.41, 5.74) is 0.311. The van der Waals surface area contributed by atoms with E-state index in [1.165, 1.54) is 24.3 Å². The van der Waals surface area contributed by atoms with E-state index < -0.39 is 4.92 Å². The molecule has 0 saturated heterocycles. The lowest BCUT2D eigenvalue weighted by atomic mass is 10.1. The number of amides is 1. The summed E-state index contributed by atoms with van der Waals surface area (Å²) in [6, 6.07) is 5.36. The second-order valence-corrected chi connectivity index (χ2v) is 3.80. The molecule has 1 aromatic rings. The summed E-state index contributed by atoms with van der Waals surface area (Å²) in [5, 5.41) is 21.8. The van der Waals surface area contributed by atoms with Crippen LogP contribution in [-0.4, -0.2) is 29.1 Å². The van der Waals surface area contributed by atoms with Crippen LogP contribution in [0.3, 0.4) is 0 Å². The van der Waals surface area contributed by atoms with Crippen molar-refractivity contribution in [1.29, 1.82) is 0 Å². The van der Waals surface area contributed by atoms with E-state index in [0.717, 1.165) is 0 Å². The van der Waals surface area contributed by atoms with Crippen LogP contribution in [0.2, 0.25) is 0 Å². The number of carbonyl (C=O) groups excluding carboxylic acids is 1. The molecular weight excluding hydrogens is 224 g/mol. The molecule has 0 aliphatic rings. The van der Waals surface area contributed by atoms with E-state index in [2.05, 4.69) is 5.32 Å². The highest BCUT2D eigenvalue weighted by Gasteiger charge is 2.09. The van der Waals surface area contributed by atoms with Gasteiger partial charge in [0.2, 0.25) is 0 Å². The monoisotopic (exact) mass is 238 g/mol. The Labute approximate surface area is 98.4 Å². The van der Waals surface area contributed by atoms with Gasteiger partial charge in [0.1, 0.15) is 0 Å². The first-order valence-corrected chi connectivity index (χ1v) is 5.18. The molecular formula is C11H14N2O4. The van der Waals surface area contributed by atoms with Crippen LogP contribution >= 0.6 is 0 Å². The molecule has 1 aromatic carbocycles. The van der Waals surface area contributed by atoms with Crippen LogP contribution in [0.4, 0.5) is 5.69 Å². The van der Waals surface area contributed by atoms with E-state index in [-0.39, 0.29) is 24.1 Å². The van der Waals surface area contributed by atoms with Crippen LogP contribution in [-0.2, 0) is 0 Å². The molecule has 0 aliphatic heterocycles. The lowest BCUT2D eigenvalue weighted by molar-refractivity contribution is -0.384. The Balaban J connectivity index is 2.61. The van der Waals surface area contributed by atoms with Gasteiger partial charge >= 0.3 is 0 Å². The summed E-state index contributed by atoms with van der Waals surface area (Å²) in [5.74, 6) is -0.322. The third kappa shape index (κ3) is 3.84. The SMILES string of the molecule is CC(CO)CNC(=O)c1ccc([N+](=O)[O-])cc1. The number of nitro groups is 1. The topological polar surface area (TPSA) is 92.5 Å². The quantitative estimate of drug-likeness (QED) is 0.590. The zero-order valence-electron chi connectivity index (χ0n) is 9.42. The summed E-state index contributed by atoms with van der Waals surface area (Å²) in [6.45, 7) is 2.17. The van der Waals surface area contributed by atoms with Crippen molar-refractivity contribution in [3.63, 3.8) is 0 Å². The molecule has 2 N–H and O–H groups in total. The Bertz CT molecular complexity index is 402. The Morgan fingerprint density at radius 2 is 2.06 bits per heavy atom. The van der Waals surface area contributed by atoms with Crippen LogP contribution in [0, 0.1) is 16.0 Å². The third-order valence-corrected chi connectivity index (χ3v) is 2.26. The summed E-state index contributed by atoms with van der Waals surface area (Å²) in [4.78, 5) is 21.5. The summed E-state index contributed by atoms with van der Waals surface area (Å²) >= 11 is 0. The minimum atomic E-state index is -0.518. The average molecular weight is 238 g/mol. The lowest BCUT2D eigenvalue weighted by Gasteiger charge is -2.09. The van der Waals surface area contributed by atoms with E-state index in [0.29, 0.717) is 12.1 Å². The molecule has 1 amide bonds. The first-order valence-electron chi connectivity index (χ1n) is 5.18. The molecule has 0 heterocycles. The molecule has 0 spiro atoms. The number of nitro benzene ring substituents is 1. The molecule has 0 fully saturated rings. The van der Waals surface area contributed by atoms with Gasteiger partial charge in [-0.1, -0.05) is 6.92 Å². The van der Waals surface area contributed by atoms with Gasteiger partial charge in [0.15, 0.2) is 0 Å². The van der Waals surface area contributed by atoms with Gasteiger partial charge in [-0.05, 0) is 18.1 Å². The van der Waals surface area contributed by atoms with Crippen molar-refractivity contribution >= 4 is 11.6 Å². The number of nitrogens with zero attached hydrogens (tertiary/aromatic N) is 1. The molecule has 6 nitrogen and oxygen atoms in total. The lowest BCUT2D eigenvalue weighted by Crippen LogP contribution is -2.29. The molecule has 6 heteroatoms. The van der Waals surface area contributed by atoms with Gasteiger partial charge in [-0.3, -0.25) is 14.9 Å². The van der Waals surface area contributed by atoms with Crippen molar-refractivity contribution in [2.75, 3.05) is 13.2 Å². The normalized spacial score (nSPS) is 11.9. The van der Waals surface area contributed by atoms with Crippen molar-refractivity contribution in [2.24, 2.45) is 5.92 Å². The molecule has 0 saturated carbocycles. The molecule has 92 valence electrons. The molecule has 1 unspecified atom stereocenters. The summed E-state index contributed by atoms with van der Waals surface area (Å²) in [6.07, 6.45) is 0. The third-order valence-electron chi connectivity index (χ3n) is 2.26. The summed E-state index contributed by atoms with van der Waals surface area (Å²) in [7, 11) is 0. The minimum absolute atomic E-state index is 0.000537. The first-order chi connectivity index (χ1) is 8.04. The summed E-state index contributed by atoms with van der Waals surface area (Å²) < 4.78 is 0. The highest BCUT2D eigenvalue weighted by Crippen LogP contribution is 2.11. The van der Waals surface area contributed by atoms with Crippen molar-refractivity contribution in [3.8, 4) is 0 Å². The smallest absolute Gasteiger partial charge is 0.269 e. The number of benzene rings is 1. The van der Waals surface area contributed by atoms with Gasteiger partial charge in [-0.2, -0.15) is 0 Å². The zero-order valence-corrected chi connectivity index (χ0v) is 9.42. The molecule has 0 aliphatic carbocycles. The number of rotatable bonds is 5. The minimum Gasteiger partial charge on any atom is -0.396 e. The maximum absolute atomic E-state index is 11.6. The van der Waals surface area contributed by atoms with Gasteiger partial charge in [0, 0.05) is 30.8 Å². The van der Waals surface area contributed by atoms with Crippen molar-refractivity contribution in [1.82, 2.24) is 5.32 Å².